The zero-order chi connectivity index (χ0) is 15.1. The number of fused-ring (bicyclic) bond motifs is 2. The maximum atomic E-state index is 12.6. The van der Waals surface area contributed by atoms with Crippen LogP contribution in [0.3, 0.4) is 0 Å². The second-order valence-corrected chi connectivity index (χ2v) is 5.92. The number of nitrogens with zero attached hydrogens (tertiary/aromatic N) is 5. The zero-order valence-corrected chi connectivity index (χ0v) is 12.4. The molecule has 0 N–H and O–H groups in total. The van der Waals surface area contributed by atoms with E-state index in [0.29, 0.717) is 5.56 Å². The van der Waals surface area contributed by atoms with Crippen LogP contribution >= 0.6 is 0 Å². The molecule has 0 radical (unpaired) electrons. The molecule has 0 aliphatic carbocycles. The first-order chi connectivity index (χ1) is 10.7. The van der Waals surface area contributed by atoms with E-state index in [-0.39, 0.29) is 18.0 Å². The Morgan fingerprint density at radius 2 is 2.09 bits per heavy atom. The lowest BCUT2D eigenvalue weighted by Crippen LogP contribution is -2.70. The normalized spacial score (nSPS) is 23.1. The molecular formula is C16H17N5O. The second-order valence-electron chi connectivity index (χ2n) is 5.92. The lowest BCUT2D eigenvalue weighted by Gasteiger charge is -2.56. The summed E-state index contributed by atoms with van der Waals surface area (Å²) < 4.78 is 0. The number of amides is 1. The van der Waals surface area contributed by atoms with E-state index in [0.717, 1.165) is 31.0 Å². The molecule has 3 fully saturated rings. The van der Waals surface area contributed by atoms with Crippen molar-refractivity contribution in [2.45, 2.75) is 25.4 Å². The van der Waals surface area contributed by atoms with Crippen molar-refractivity contribution in [3.63, 3.8) is 0 Å². The van der Waals surface area contributed by atoms with Crippen LogP contribution in [0.4, 0.5) is 5.82 Å². The summed E-state index contributed by atoms with van der Waals surface area (Å²) in [5.41, 5.74) is 1.64. The fraction of sp³-hybridized carbons (Fsp3) is 0.375. The molecule has 3 aliphatic rings. The molecule has 6 heteroatoms. The fourth-order valence-electron chi connectivity index (χ4n) is 3.38. The SMILES string of the molecule is Cc1cc(N2CC3CC(C2)N3C(=O)c2cccnc2)ncn1. The van der Waals surface area contributed by atoms with Crippen molar-refractivity contribution in [2.24, 2.45) is 0 Å². The number of aromatic nitrogens is 3. The van der Waals surface area contributed by atoms with Crippen molar-refractivity contribution in [3.8, 4) is 0 Å². The van der Waals surface area contributed by atoms with Crippen LogP contribution < -0.4 is 4.90 Å². The summed E-state index contributed by atoms with van der Waals surface area (Å²) in [6.07, 6.45) is 6.00. The lowest BCUT2D eigenvalue weighted by atomic mass is 9.86. The summed E-state index contributed by atoms with van der Waals surface area (Å²) in [6, 6.07) is 6.16. The molecule has 0 spiro atoms. The van der Waals surface area contributed by atoms with E-state index in [1.165, 1.54) is 0 Å². The van der Waals surface area contributed by atoms with Gasteiger partial charge in [-0.2, -0.15) is 0 Å². The van der Waals surface area contributed by atoms with Crippen LogP contribution in [0.2, 0.25) is 0 Å². The monoisotopic (exact) mass is 295 g/mol. The summed E-state index contributed by atoms with van der Waals surface area (Å²) in [5, 5.41) is 0. The number of piperazine rings is 1. The van der Waals surface area contributed by atoms with Crippen molar-refractivity contribution in [1.82, 2.24) is 19.9 Å². The topological polar surface area (TPSA) is 62.2 Å². The van der Waals surface area contributed by atoms with Gasteiger partial charge in [-0.1, -0.05) is 0 Å². The van der Waals surface area contributed by atoms with Crippen molar-refractivity contribution >= 4 is 11.7 Å². The molecule has 2 unspecified atom stereocenters. The predicted octanol–water partition coefficient (Wildman–Crippen LogP) is 1.28. The Balaban J connectivity index is 1.50. The Morgan fingerprint density at radius 1 is 1.27 bits per heavy atom. The van der Waals surface area contributed by atoms with Gasteiger partial charge in [-0.3, -0.25) is 9.78 Å². The van der Waals surface area contributed by atoms with Crippen LogP contribution in [0.1, 0.15) is 22.5 Å². The van der Waals surface area contributed by atoms with Gasteiger partial charge in [0.1, 0.15) is 12.1 Å². The van der Waals surface area contributed by atoms with Crippen molar-refractivity contribution in [3.05, 3.63) is 48.2 Å². The molecule has 3 aliphatic heterocycles. The number of hydrogen-bond acceptors (Lipinski definition) is 5. The van der Waals surface area contributed by atoms with Gasteiger partial charge in [-0.05, 0) is 25.5 Å². The lowest BCUT2D eigenvalue weighted by molar-refractivity contribution is 0.00572. The molecule has 3 saturated heterocycles. The quantitative estimate of drug-likeness (QED) is 0.835. The number of carbonyl (C=O) groups is 1. The van der Waals surface area contributed by atoms with Gasteiger partial charge in [0.25, 0.3) is 5.91 Å². The average Bonchev–Trinajstić information content (AvgIpc) is 2.55. The molecule has 0 aromatic carbocycles. The van der Waals surface area contributed by atoms with E-state index in [2.05, 4.69) is 19.9 Å². The van der Waals surface area contributed by atoms with Crippen LogP contribution in [0.15, 0.2) is 36.9 Å². The Kier molecular flexibility index (Phi) is 3.03. The molecule has 22 heavy (non-hydrogen) atoms. The molecule has 5 heterocycles. The number of anilines is 1. The Morgan fingerprint density at radius 3 is 2.77 bits per heavy atom. The van der Waals surface area contributed by atoms with Gasteiger partial charge in [0, 0.05) is 37.2 Å². The molecule has 2 bridgehead atoms. The third-order valence-corrected chi connectivity index (χ3v) is 4.45. The van der Waals surface area contributed by atoms with E-state index >= 15 is 0 Å². The van der Waals surface area contributed by atoms with Gasteiger partial charge in [0.2, 0.25) is 0 Å². The van der Waals surface area contributed by atoms with Crippen LogP contribution in [0.5, 0.6) is 0 Å². The number of carbonyl (C=O) groups excluding carboxylic acids is 1. The number of pyridine rings is 1. The Bertz CT molecular complexity index is 693. The minimum atomic E-state index is 0.0906. The number of rotatable bonds is 2. The molecule has 112 valence electrons. The van der Waals surface area contributed by atoms with Crippen LogP contribution in [-0.4, -0.2) is 50.9 Å². The molecule has 1 amide bonds. The van der Waals surface area contributed by atoms with Gasteiger partial charge in [-0.25, -0.2) is 9.97 Å². The summed E-state index contributed by atoms with van der Waals surface area (Å²) in [5.74, 6) is 1.04. The highest BCUT2D eigenvalue weighted by atomic mass is 16.2. The average molecular weight is 295 g/mol. The third-order valence-electron chi connectivity index (χ3n) is 4.45. The van der Waals surface area contributed by atoms with Gasteiger partial charge >= 0.3 is 0 Å². The first-order valence-electron chi connectivity index (χ1n) is 7.48. The predicted molar refractivity (Wildman–Crippen MR) is 81.6 cm³/mol. The Labute approximate surface area is 128 Å². The van der Waals surface area contributed by atoms with E-state index < -0.39 is 0 Å². The number of piperidine rings is 1. The molecule has 6 nitrogen and oxygen atoms in total. The highest BCUT2D eigenvalue weighted by Gasteiger charge is 2.47. The van der Waals surface area contributed by atoms with Gasteiger partial charge < -0.3 is 9.80 Å². The standard InChI is InChI=1S/C16H17N5O/c1-11-5-15(19-10-18-11)20-8-13-6-14(9-20)21(13)16(22)12-3-2-4-17-7-12/h2-5,7,10,13-14H,6,8-9H2,1H3. The number of aryl methyl sites for hydroxylation is 1. The number of hydrogen-bond donors (Lipinski definition) is 0. The molecule has 2 atom stereocenters. The first kappa shape index (κ1) is 13.2. The summed E-state index contributed by atoms with van der Waals surface area (Å²) in [6.45, 7) is 3.63. The van der Waals surface area contributed by atoms with Gasteiger partial charge in [0.15, 0.2) is 0 Å². The van der Waals surface area contributed by atoms with Gasteiger partial charge in [-0.15, -0.1) is 0 Å². The van der Waals surface area contributed by atoms with E-state index in [1.54, 1.807) is 24.8 Å². The highest BCUT2D eigenvalue weighted by molar-refractivity contribution is 5.95. The zero-order valence-electron chi connectivity index (χ0n) is 12.4. The molecule has 2 aromatic heterocycles. The van der Waals surface area contributed by atoms with Crippen LogP contribution in [0.25, 0.3) is 0 Å². The maximum Gasteiger partial charge on any atom is 0.256 e. The molecule has 0 saturated carbocycles. The fourth-order valence-corrected chi connectivity index (χ4v) is 3.38. The smallest absolute Gasteiger partial charge is 0.256 e. The molecule has 5 rings (SSSR count). The van der Waals surface area contributed by atoms with E-state index in [4.69, 9.17) is 0 Å². The van der Waals surface area contributed by atoms with Crippen LogP contribution in [-0.2, 0) is 0 Å². The minimum absolute atomic E-state index is 0.0906. The third kappa shape index (κ3) is 2.11. The highest BCUT2D eigenvalue weighted by Crippen LogP contribution is 2.35. The van der Waals surface area contributed by atoms with Gasteiger partial charge in [0.05, 0.1) is 17.6 Å². The van der Waals surface area contributed by atoms with E-state index in [9.17, 15) is 4.79 Å². The maximum absolute atomic E-state index is 12.6. The van der Waals surface area contributed by atoms with Crippen molar-refractivity contribution < 1.29 is 4.79 Å². The Hall–Kier alpha value is -2.50. The molecular weight excluding hydrogens is 278 g/mol. The summed E-state index contributed by atoms with van der Waals surface area (Å²) >= 11 is 0. The van der Waals surface area contributed by atoms with Crippen LogP contribution in [0, 0.1) is 6.92 Å². The molecule has 2 aromatic rings. The van der Waals surface area contributed by atoms with E-state index in [1.807, 2.05) is 24.0 Å². The largest absolute Gasteiger partial charge is 0.352 e. The first-order valence-corrected chi connectivity index (χ1v) is 7.48. The van der Waals surface area contributed by atoms with Crippen molar-refractivity contribution in [2.75, 3.05) is 18.0 Å². The minimum Gasteiger partial charge on any atom is -0.352 e. The second kappa shape index (κ2) is 5.05. The summed E-state index contributed by atoms with van der Waals surface area (Å²) in [4.78, 5) is 29.4. The summed E-state index contributed by atoms with van der Waals surface area (Å²) in [7, 11) is 0. The van der Waals surface area contributed by atoms with Crippen molar-refractivity contribution in [1.29, 1.82) is 0 Å².